The van der Waals surface area contributed by atoms with Gasteiger partial charge < -0.3 is 5.32 Å². The van der Waals surface area contributed by atoms with Crippen LogP contribution >= 0.6 is 0 Å². The Morgan fingerprint density at radius 1 is 1.21 bits per heavy atom. The van der Waals surface area contributed by atoms with Crippen molar-refractivity contribution in [1.29, 1.82) is 0 Å². The van der Waals surface area contributed by atoms with E-state index in [2.05, 4.69) is 15.5 Å². The van der Waals surface area contributed by atoms with Crippen molar-refractivity contribution in [1.82, 2.24) is 14.5 Å². The molecule has 1 aromatic rings. The highest BCUT2D eigenvalue weighted by molar-refractivity contribution is 7.90. The zero-order valence-corrected chi connectivity index (χ0v) is 11.5. The Labute approximate surface area is 113 Å². The standard InChI is InChI=1S/C12H18N4O2S/c17-19(18,11-3-4-11)16-8-5-10(6-9-16)14-12-2-1-7-13-15-12/h1-2,7,10-11H,3-6,8-9H2,(H,14,15). The SMILES string of the molecule is O=S(=O)(C1CC1)N1CCC(Nc2cccnn2)CC1. The van der Waals surface area contributed by atoms with Crippen LogP contribution in [0.4, 0.5) is 5.82 Å². The lowest BCUT2D eigenvalue weighted by Gasteiger charge is -2.31. The maximum Gasteiger partial charge on any atom is 0.216 e. The molecule has 7 heteroatoms. The molecule has 0 unspecified atom stereocenters. The Morgan fingerprint density at radius 3 is 2.53 bits per heavy atom. The topological polar surface area (TPSA) is 75.2 Å². The molecule has 1 aliphatic heterocycles. The number of anilines is 1. The van der Waals surface area contributed by atoms with E-state index in [4.69, 9.17) is 0 Å². The molecule has 1 aromatic heterocycles. The summed E-state index contributed by atoms with van der Waals surface area (Å²) in [5, 5.41) is 11.0. The van der Waals surface area contributed by atoms with Crippen molar-refractivity contribution in [2.45, 2.75) is 37.0 Å². The zero-order valence-electron chi connectivity index (χ0n) is 10.7. The number of nitrogens with zero attached hydrogens (tertiary/aromatic N) is 3. The molecule has 1 saturated carbocycles. The minimum Gasteiger partial charge on any atom is -0.366 e. The third-order valence-electron chi connectivity index (χ3n) is 3.68. The van der Waals surface area contributed by atoms with Crippen molar-refractivity contribution in [3.8, 4) is 0 Å². The van der Waals surface area contributed by atoms with Crippen molar-refractivity contribution in [2.24, 2.45) is 0 Å². The van der Waals surface area contributed by atoms with E-state index >= 15 is 0 Å². The third-order valence-corrected chi connectivity index (χ3v) is 6.08. The lowest BCUT2D eigenvalue weighted by Crippen LogP contribution is -2.43. The molecule has 0 atom stereocenters. The molecule has 2 heterocycles. The summed E-state index contributed by atoms with van der Waals surface area (Å²) >= 11 is 0. The molecular formula is C12H18N4O2S. The molecule has 0 spiro atoms. The van der Waals surface area contributed by atoms with Gasteiger partial charge in [-0.15, -0.1) is 5.10 Å². The molecule has 19 heavy (non-hydrogen) atoms. The number of rotatable bonds is 4. The van der Waals surface area contributed by atoms with E-state index in [0.29, 0.717) is 13.1 Å². The molecule has 1 saturated heterocycles. The number of aromatic nitrogens is 2. The maximum absolute atomic E-state index is 12.1. The summed E-state index contributed by atoms with van der Waals surface area (Å²) in [5.74, 6) is 0.756. The summed E-state index contributed by atoms with van der Waals surface area (Å²) in [6.45, 7) is 1.22. The Kier molecular flexibility index (Phi) is 3.40. The van der Waals surface area contributed by atoms with Crippen molar-refractivity contribution in [3.05, 3.63) is 18.3 Å². The van der Waals surface area contributed by atoms with Crippen LogP contribution in [0, 0.1) is 0 Å². The molecule has 0 amide bonds. The van der Waals surface area contributed by atoms with Crippen LogP contribution in [0.2, 0.25) is 0 Å². The molecule has 2 aliphatic rings. The second kappa shape index (κ2) is 5.05. The fourth-order valence-electron chi connectivity index (χ4n) is 2.42. The van der Waals surface area contributed by atoms with Crippen molar-refractivity contribution in [2.75, 3.05) is 18.4 Å². The van der Waals surface area contributed by atoms with Gasteiger partial charge in [-0.25, -0.2) is 12.7 Å². The Bertz CT molecular complexity index is 522. The predicted molar refractivity (Wildman–Crippen MR) is 72.2 cm³/mol. The van der Waals surface area contributed by atoms with E-state index in [1.165, 1.54) is 0 Å². The lowest BCUT2D eigenvalue weighted by atomic mass is 10.1. The molecule has 2 fully saturated rings. The predicted octanol–water partition coefficient (Wildman–Crippen LogP) is 0.845. The van der Waals surface area contributed by atoms with E-state index in [0.717, 1.165) is 31.5 Å². The quantitative estimate of drug-likeness (QED) is 0.886. The summed E-state index contributed by atoms with van der Waals surface area (Å²) < 4.78 is 25.8. The summed E-state index contributed by atoms with van der Waals surface area (Å²) in [7, 11) is -3.01. The van der Waals surface area contributed by atoms with Crippen LogP contribution in [0.5, 0.6) is 0 Å². The molecule has 6 nitrogen and oxygen atoms in total. The van der Waals surface area contributed by atoms with Crippen LogP contribution in [0.1, 0.15) is 25.7 Å². The third kappa shape index (κ3) is 2.87. The van der Waals surface area contributed by atoms with Gasteiger partial charge in [-0.1, -0.05) is 0 Å². The minimum atomic E-state index is -3.01. The molecule has 1 N–H and O–H groups in total. The van der Waals surface area contributed by atoms with Gasteiger partial charge in [0, 0.05) is 25.3 Å². The second-order valence-electron chi connectivity index (χ2n) is 5.17. The number of nitrogens with one attached hydrogen (secondary N) is 1. The largest absolute Gasteiger partial charge is 0.366 e. The van der Waals surface area contributed by atoms with Gasteiger partial charge in [-0.05, 0) is 37.8 Å². The van der Waals surface area contributed by atoms with Crippen molar-refractivity contribution in [3.63, 3.8) is 0 Å². The van der Waals surface area contributed by atoms with E-state index in [1.54, 1.807) is 10.5 Å². The van der Waals surface area contributed by atoms with Gasteiger partial charge in [-0.3, -0.25) is 0 Å². The van der Waals surface area contributed by atoms with Crippen molar-refractivity contribution < 1.29 is 8.42 Å². The van der Waals surface area contributed by atoms with Gasteiger partial charge >= 0.3 is 0 Å². The normalized spacial score (nSPS) is 22.3. The number of hydrogen-bond acceptors (Lipinski definition) is 5. The monoisotopic (exact) mass is 282 g/mol. The second-order valence-corrected chi connectivity index (χ2v) is 7.38. The maximum atomic E-state index is 12.1. The van der Waals surface area contributed by atoms with E-state index in [9.17, 15) is 8.42 Å². The molecule has 0 radical (unpaired) electrons. The van der Waals surface area contributed by atoms with Crippen LogP contribution in [0.25, 0.3) is 0 Å². The number of piperidine rings is 1. The van der Waals surface area contributed by atoms with Crippen LogP contribution in [0.15, 0.2) is 18.3 Å². The molecule has 0 bridgehead atoms. The van der Waals surface area contributed by atoms with Crippen LogP contribution in [-0.2, 0) is 10.0 Å². The molecular weight excluding hydrogens is 264 g/mol. The fourth-order valence-corrected chi connectivity index (χ4v) is 4.29. The molecule has 0 aromatic carbocycles. The van der Waals surface area contributed by atoms with Gasteiger partial charge in [0.25, 0.3) is 0 Å². The minimum absolute atomic E-state index is 0.100. The zero-order chi connectivity index (χ0) is 13.3. The van der Waals surface area contributed by atoms with Gasteiger partial charge in [0.2, 0.25) is 10.0 Å². The summed E-state index contributed by atoms with van der Waals surface area (Å²) in [6.07, 6.45) is 4.95. The molecule has 3 rings (SSSR count). The smallest absolute Gasteiger partial charge is 0.216 e. The molecule has 104 valence electrons. The van der Waals surface area contributed by atoms with E-state index in [1.807, 2.05) is 12.1 Å². The summed E-state index contributed by atoms with van der Waals surface area (Å²) in [4.78, 5) is 0. The lowest BCUT2D eigenvalue weighted by molar-refractivity contribution is 0.329. The first-order valence-corrected chi connectivity index (χ1v) is 8.20. The average Bonchev–Trinajstić information content (AvgIpc) is 3.25. The van der Waals surface area contributed by atoms with Gasteiger partial charge in [0.15, 0.2) is 0 Å². The van der Waals surface area contributed by atoms with Crippen LogP contribution in [0.3, 0.4) is 0 Å². The Hall–Kier alpha value is -1.21. The summed E-state index contributed by atoms with van der Waals surface area (Å²) in [5.41, 5.74) is 0. The number of sulfonamides is 1. The first-order chi connectivity index (χ1) is 9.16. The average molecular weight is 282 g/mol. The Morgan fingerprint density at radius 2 is 1.95 bits per heavy atom. The highest BCUT2D eigenvalue weighted by atomic mass is 32.2. The Balaban J connectivity index is 1.55. The molecule has 1 aliphatic carbocycles. The van der Waals surface area contributed by atoms with E-state index in [-0.39, 0.29) is 11.3 Å². The first kappa shape index (κ1) is 12.8. The number of hydrogen-bond donors (Lipinski definition) is 1. The van der Waals surface area contributed by atoms with Gasteiger partial charge in [0.1, 0.15) is 5.82 Å². The summed E-state index contributed by atoms with van der Waals surface area (Å²) in [6, 6.07) is 3.99. The van der Waals surface area contributed by atoms with Gasteiger partial charge in [0.05, 0.1) is 5.25 Å². The highest BCUT2D eigenvalue weighted by Crippen LogP contribution is 2.32. The fraction of sp³-hybridized carbons (Fsp3) is 0.667. The highest BCUT2D eigenvalue weighted by Gasteiger charge is 2.41. The van der Waals surface area contributed by atoms with Crippen LogP contribution < -0.4 is 5.32 Å². The van der Waals surface area contributed by atoms with E-state index < -0.39 is 10.0 Å². The van der Waals surface area contributed by atoms with Gasteiger partial charge in [-0.2, -0.15) is 5.10 Å². The van der Waals surface area contributed by atoms with Crippen LogP contribution in [-0.4, -0.2) is 47.3 Å². The first-order valence-electron chi connectivity index (χ1n) is 6.69. The van der Waals surface area contributed by atoms with Crippen molar-refractivity contribution >= 4 is 15.8 Å².